The van der Waals surface area contributed by atoms with Crippen LogP contribution in [-0.2, 0) is 15.3 Å². The van der Waals surface area contributed by atoms with Crippen molar-refractivity contribution < 1.29 is 29.6 Å². The van der Waals surface area contributed by atoms with Gasteiger partial charge in [0.15, 0.2) is 11.5 Å². The smallest absolute Gasteiger partial charge is 0.309 e. The number of hydrogen-bond donors (Lipinski definition) is 5. The first-order valence-electron chi connectivity index (χ1n) is 17.9. The van der Waals surface area contributed by atoms with Gasteiger partial charge in [-0.3, -0.25) is 9.89 Å². The van der Waals surface area contributed by atoms with Gasteiger partial charge in [-0.05, 0) is 75.9 Å². The molecule has 0 aliphatic carbocycles. The van der Waals surface area contributed by atoms with E-state index in [4.69, 9.17) is 9.47 Å². The third-order valence-corrected chi connectivity index (χ3v) is 9.37. The van der Waals surface area contributed by atoms with Crippen molar-refractivity contribution in [2.45, 2.75) is 64.4 Å². The Morgan fingerprint density at radius 3 is 2.36 bits per heavy atom. The van der Waals surface area contributed by atoms with Crippen LogP contribution in [0.5, 0.6) is 5.88 Å². The fraction of sp³-hybridized carbons (Fsp3) is 0.395. The van der Waals surface area contributed by atoms with Gasteiger partial charge in [0, 0.05) is 62.1 Å². The van der Waals surface area contributed by atoms with Crippen LogP contribution in [0.15, 0.2) is 78.5 Å². The number of rotatable bonds is 11. The molecule has 1 amide bonds. The molecule has 290 valence electrons. The molecule has 5 N–H and O–H groups in total. The molecule has 0 unspecified atom stereocenters. The van der Waals surface area contributed by atoms with Crippen LogP contribution < -0.4 is 10.2 Å². The molecular weight excluding hydrogens is 708 g/mol. The monoisotopic (exact) mass is 754 g/mol. The highest BCUT2D eigenvalue weighted by molar-refractivity contribution is 5.94. The number of nitroso groups, excluding NO2 is 1. The van der Waals surface area contributed by atoms with Gasteiger partial charge in [-0.1, -0.05) is 30.3 Å². The minimum atomic E-state index is -2.53. The van der Waals surface area contributed by atoms with E-state index >= 15 is 0 Å². The van der Waals surface area contributed by atoms with Gasteiger partial charge in [-0.2, -0.15) is 5.10 Å². The third-order valence-electron chi connectivity index (χ3n) is 9.37. The summed E-state index contributed by atoms with van der Waals surface area (Å²) in [5, 5.41) is 46.2. The fourth-order valence-corrected chi connectivity index (χ4v) is 6.35. The van der Waals surface area contributed by atoms with Gasteiger partial charge in [0.05, 0.1) is 28.7 Å². The molecule has 0 spiro atoms. The summed E-state index contributed by atoms with van der Waals surface area (Å²) >= 11 is 0. The first-order chi connectivity index (χ1) is 26.3. The summed E-state index contributed by atoms with van der Waals surface area (Å²) in [4.78, 5) is 34.5. The summed E-state index contributed by atoms with van der Waals surface area (Å²) in [5.41, 5.74) is 7.31. The van der Waals surface area contributed by atoms with Crippen LogP contribution in [-0.4, -0.2) is 112 Å². The molecular formula is C38H46N10O7. The topological polar surface area (TPSA) is 216 Å². The summed E-state index contributed by atoms with van der Waals surface area (Å²) in [7, 11) is 1.58. The summed E-state index contributed by atoms with van der Waals surface area (Å²) < 4.78 is 12.2. The Bertz CT molecular complexity index is 2120. The van der Waals surface area contributed by atoms with Crippen LogP contribution in [0, 0.1) is 4.91 Å². The second kappa shape index (κ2) is 16.4. The number of benzene rings is 2. The summed E-state index contributed by atoms with van der Waals surface area (Å²) in [6.07, 6.45) is 6.38. The highest BCUT2D eigenvalue weighted by Gasteiger charge is 2.46. The normalized spacial score (nSPS) is 16.5. The number of H-pyrrole nitrogens is 1. The summed E-state index contributed by atoms with van der Waals surface area (Å²) in [6.45, 7) is 8.57. The Balaban J connectivity index is 0.000000203. The molecule has 0 bridgehead atoms. The molecule has 2 aliphatic rings. The van der Waals surface area contributed by atoms with Crippen LogP contribution in [0.4, 0.5) is 5.69 Å². The average Bonchev–Trinajstić information content (AvgIpc) is 3.96. The zero-order valence-electron chi connectivity index (χ0n) is 31.4. The number of amides is 1. The number of nitrogens with one attached hydrogen (secondary N) is 2. The van der Waals surface area contributed by atoms with Crippen molar-refractivity contribution in [2.24, 2.45) is 5.29 Å². The van der Waals surface area contributed by atoms with Crippen molar-refractivity contribution in [2.75, 3.05) is 38.7 Å². The van der Waals surface area contributed by atoms with Crippen molar-refractivity contribution in [1.29, 1.82) is 0 Å². The highest BCUT2D eigenvalue weighted by atomic mass is 16.5. The molecule has 1 atom stereocenters. The van der Waals surface area contributed by atoms with Gasteiger partial charge < -0.3 is 29.7 Å². The molecule has 5 heterocycles. The Morgan fingerprint density at radius 1 is 1.02 bits per heavy atom. The van der Waals surface area contributed by atoms with E-state index in [1.165, 1.54) is 20.8 Å². The van der Waals surface area contributed by atoms with E-state index < -0.39 is 17.5 Å². The number of aromatic amines is 1. The van der Waals surface area contributed by atoms with Crippen LogP contribution in [0.1, 0.15) is 46.1 Å². The molecule has 7 rings (SSSR count). The number of pyridine rings is 1. The van der Waals surface area contributed by atoms with Gasteiger partial charge >= 0.3 is 5.91 Å². The van der Waals surface area contributed by atoms with Gasteiger partial charge in [0.25, 0.3) is 5.91 Å². The number of anilines is 1. The number of ether oxygens (including phenoxy) is 2. The van der Waals surface area contributed by atoms with Crippen molar-refractivity contribution in [1.82, 2.24) is 39.7 Å². The van der Waals surface area contributed by atoms with Crippen LogP contribution in [0.3, 0.4) is 0 Å². The first kappa shape index (κ1) is 39.1. The minimum Gasteiger partial charge on any atom is -0.475 e. The molecule has 0 saturated carbocycles. The highest BCUT2D eigenvalue weighted by Crippen LogP contribution is 2.30. The number of aromatic nitrogens is 6. The number of aliphatic hydroxyl groups is 3. The molecule has 5 aromatic rings. The Labute approximate surface area is 317 Å². The number of carbonyl (C=O) groups excluding carboxylic acids is 1. The van der Waals surface area contributed by atoms with E-state index in [2.05, 4.69) is 36.0 Å². The number of nitrogens with zero attached hydrogens (tertiary/aromatic N) is 8. The number of carbonyl (C=O) groups is 1. The Hall–Kier alpha value is -5.59. The average molecular weight is 755 g/mol. The van der Waals surface area contributed by atoms with Crippen molar-refractivity contribution in [3.05, 3.63) is 83.7 Å². The van der Waals surface area contributed by atoms with Crippen LogP contribution in [0.2, 0.25) is 0 Å². The molecule has 17 heteroatoms. The van der Waals surface area contributed by atoms with Crippen molar-refractivity contribution in [3.8, 4) is 28.5 Å². The third kappa shape index (κ3) is 9.04. The number of methoxy groups -OCH3 is 1. The first-order valence-corrected chi connectivity index (χ1v) is 17.9. The lowest BCUT2D eigenvalue weighted by atomic mass is 9.98. The molecule has 0 radical (unpaired) electrons. The van der Waals surface area contributed by atoms with Crippen molar-refractivity contribution in [3.63, 3.8) is 0 Å². The summed E-state index contributed by atoms with van der Waals surface area (Å²) in [6, 6.07) is 16.9. The van der Waals surface area contributed by atoms with Gasteiger partial charge in [0.1, 0.15) is 12.0 Å². The fourth-order valence-electron chi connectivity index (χ4n) is 6.35. The zero-order chi connectivity index (χ0) is 39.3. The molecule has 55 heavy (non-hydrogen) atoms. The maximum Gasteiger partial charge on any atom is 0.309 e. The minimum absolute atomic E-state index is 0.0778. The lowest BCUT2D eigenvalue weighted by Gasteiger charge is -2.36. The quantitative estimate of drug-likeness (QED) is 0.0730. The summed E-state index contributed by atoms with van der Waals surface area (Å²) in [5.74, 6) is -2.14. The maximum atomic E-state index is 12.8. The van der Waals surface area contributed by atoms with E-state index in [0.29, 0.717) is 56.4 Å². The van der Waals surface area contributed by atoms with Crippen LogP contribution in [0.25, 0.3) is 39.1 Å². The van der Waals surface area contributed by atoms with Gasteiger partial charge in [-0.15, -0.1) is 10.0 Å². The second-order valence-corrected chi connectivity index (χ2v) is 14.1. The van der Waals surface area contributed by atoms with Crippen LogP contribution >= 0.6 is 0 Å². The molecule has 1 saturated heterocycles. The largest absolute Gasteiger partial charge is 0.475 e. The molecule has 3 aromatic heterocycles. The Kier molecular flexibility index (Phi) is 11.7. The number of likely N-dealkylation sites (tertiary alicyclic amines) is 1. The van der Waals surface area contributed by atoms with E-state index in [-0.39, 0.29) is 12.2 Å². The van der Waals surface area contributed by atoms with E-state index in [9.17, 15) is 25.0 Å². The molecule has 17 nitrogen and oxygen atoms in total. The lowest BCUT2D eigenvalue weighted by Crippen LogP contribution is -2.60. The van der Waals surface area contributed by atoms with E-state index in [0.717, 1.165) is 38.9 Å². The SMILES string of the molecule is CC(C)Oc1ccc(-c2n[nH]c3ccc(NN=O)cc23)cn1.CO[C@H]1CCN(C(O)(O)C(=O)N2CC=C(c3ccc(-c4ncn(C(C)(C)O)n4)cc3)CC2)C1. The number of fused-ring (bicyclic) bond motifs is 1. The lowest BCUT2D eigenvalue weighted by molar-refractivity contribution is -0.254. The Morgan fingerprint density at radius 2 is 1.76 bits per heavy atom. The zero-order valence-corrected chi connectivity index (χ0v) is 31.4. The second-order valence-electron chi connectivity index (χ2n) is 14.1. The van der Waals surface area contributed by atoms with Crippen molar-refractivity contribution >= 4 is 28.1 Å². The predicted octanol–water partition coefficient (Wildman–Crippen LogP) is 4.11. The molecule has 1 fully saturated rings. The molecule has 2 aromatic carbocycles. The van der Waals surface area contributed by atoms with Gasteiger partial charge in [-0.25, -0.2) is 25.0 Å². The predicted molar refractivity (Wildman–Crippen MR) is 205 cm³/mol. The molecule has 2 aliphatic heterocycles. The number of hydrogen-bond acceptors (Lipinski definition) is 13. The van der Waals surface area contributed by atoms with Gasteiger partial charge in [0.2, 0.25) is 5.88 Å². The van der Waals surface area contributed by atoms with E-state index in [1.807, 2.05) is 68.5 Å². The van der Waals surface area contributed by atoms with E-state index in [1.54, 1.807) is 33.2 Å². The maximum absolute atomic E-state index is 12.8. The standard InChI is InChI=1S/C23H31N5O5.C15H15N5O2/c1-22(2,30)28-15-24-20(25-28)18-6-4-16(5-7-18)17-8-11-26(12-9-17)21(29)23(31,32)27-13-10-19(14-27)33-3;1-9(2)22-14-6-3-10(8-16-14)15-12-7-11(17-20-21)4-5-13(12)18-19-15/h4-8,15,19,30-32H,9-14H2,1-3H3;3-9H,1-2H3,(H,17,21)(H,18,19)/t19-;/m0./s1.